The third-order valence-electron chi connectivity index (χ3n) is 3.50. The van der Waals surface area contributed by atoms with Crippen molar-refractivity contribution in [1.82, 2.24) is 4.72 Å². The average Bonchev–Trinajstić information content (AvgIpc) is 2.48. The summed E-state index contributed by atoms with van der Waals surface area (Å²) in [4.78, 5) is 1.38. The molecule has 0 aliphatic heterocycles. The van der Waals surface area contributed by atoms with Crippen LogP contribution in [0.15, 0.2) is 59.5 Å². The molecule has 0 aliphatic carbocycles. The smallest absolute Gasteiger partial charge is 0.240 e. The lowest BCUT2D eigenvalue weighted by atomic mass is 10.1. The molecule has 1 atom stereocenters. The number of hydrogen-bond acceptors (Lipinski definition) is 2. The number of sulfonamides is 1. The van der Waals surface area contributed by atoms with Crippen molar-refractivity contribution in [3.63, 3.8) is 0 Å². The number of quaternary nitrogens is 1. The van der Waals surface area contributed by atoms with Gasteiger partial charge in [0.05, 0.1) is 25.5 Å². The summed E-state index contributed by atoms with van der Waals surface area (Å²) in [6.45, 7) is 0.331. The third kappa shape index (κ3) is 4.30. The molecule has 4 nitrogen and oxygen atoms in total. The molecule has 22 heavy (non-hydrogen) atoms. The molecule has 0 heterocycles. The molecule has 6 heteroatoms. The van der Waals surface area contributed by atoms with Gasteiger partial charge in [0.25, 0.3) is 0 Å². The van der Waals surface area contributed by atoms with Crippen LogP contribution in [-0.4, -0.2) is 29.1 Å². The molecule has 1 unspecified atom stereocenters. The van der Waals surface area contributed by atoms with Gasteiger partial charge in [0.2, 0.25) is 10.0 Å². The Morgan fingerprint density at radius 2 is 1.64 bits per heavy atom. The molecule has 0 fully saturated rings. The summed E-state index contributed by atoms with van der Waals surface area (Å²) < 4.78 is 27.4. The van der Waals surface area contributed by atoms with Crippen LogP contribution >= 0.6 is 11.6 Å². The van der Waals surface area contributed by atoms with Crippen molar-refractivity contribution >= 4 is 21.6 Å². The highest BCUT2D eigenvalue weighted by Crippen LogP contribution is 2.15. The number of halogens is 1. The molecule has 2 rings (SSSR count). The van der Waals surface area contributed by atoms with E-state index < -0.39 is 10.0 Å². The predicted molar refractivity (Wildman–Crippen MR) is 88.6 cm³/mol. The maximum absolute atomic E-state index is 12.3. The Labute approximate surface area is 136 Å². The highest BCUT2D eigenvalue weighted by atomic mass is 35.5. The Morgan fingerprint density at radius 3 is 2.18 bits per heavy atom. The fourth-order valence-electron chi connectivity index (χ4n) is 2.23. The molecule has 118 valence electrons. The first kappa shape index (κ1) is 17.0. The van der Waals surface area contributed by atoms with Crippen LogP contribution in [-0.2, 0) is 10.0 Å². The second kappa shape index (κ2) is 7.24. The lowest BCUT2D eigenvalue weighted by molar-refractivity contribution is -0.890. The summed E-state index contributed by atoms with van der Waals surface area (Å²) in [7, 11) is 0.481. The third-order valence-corrected chi connectivity index (χ3v) is 5.19. The van der Waals surface area contributed by atoms with Crippen molar-refractivity contribution in [2.45, 2.75) is 10.9 Å². The highest BCUT2D eigenvalue weighted by Gasteiger charge is 2.21. The van der Waals surface area contributed by atoms with Crippen LogP contribution in [0, 0.1) is 0 Å². The van der Waals surface area contributed by atoms with Crippen LogP contribution in [0.5, 0.6) is 0 Å². The minimum Gasteiger partial charge on any atom is -0.333 e. The summed E-state index contributed by atoms with van der Waals surface area (Å²) in [5, 5.41) is 0.513. The van der Waals surface area contributed by atoms with E-state index >= 15 is 0 Å². The molecule has 2 N–H and O–H groups in total. The molecule has 0 amide bonds. The summed E-state index contributed by atoms with van der Waals surface area (Å²) in [6, 6.07) is 16.1. The molecule has 0 bridgehead atoms. The molecular weight excluding hydrogens is 320 g/mol. The van der Waals surface area contributed by atoms with Crippen molar-refractivity contribution in [3.05, 3.63) is 65.2 Å². The van der Waals surface area contributed by atoms with Crippen LogP contribution in [0.1, 0.15) is 11.6 Å². The van der Waals surface area contributed by atoms with E-state index in [1.165, 1.54) is 12.1 Å². The van der Waals surface area contributed by atoms with Crippen molar-refractivity contribution in [2.75, 3.05) is 20.6 Å². The monoisotopic (exact) mass is 339 g/mol. The van der Waals surface area contributed by atoms with Crippen LogP contribution < -0.4 is 9.62 Å². The van der Waals surface area contributed by atoms with E-state index in [1.807, 2.05) is 44.4 Å². The van der Waals surface area contributed by atoms with E-state index in [-0.39, 0.29) is 10.9 Å². The van der Waals surface area contributed by atoms with E-state index in [2.05, 4.69) is 4.72 Å². The molecule has 2 aromatic rings. The second-order valence-electron chi connectivity index (χ2n) is 5.35. The van der Waals surface area contributed by atoms with Crippen molar-refractivity contribution in [2.24, 2.45) is 0 Å². The lowest BCUT2D eigenvalue weighted by Gasteiger charge is -2.22. The fraction of sp³-hybridized carbons (Fsp3) is 0.250. The Balaban J connectivity index is 2.14. The normalized spacial score (nSPS) is 13.3. The Bertz CT molecular complexity index is 701. The minimum atomic E-state index is -3.54. The van der Waals surface area contributed by atoms with Gasteiger partial charge in [-0.3, -0.25) is 0 Å². The van der Waals surface area contributed by atoms with Gasteiger partial charge < -0.3 is 4.90 Å². The molecule has 2 aromatic carbocycles. The number of likely N-dealkylation sites (N-methyl/N-ethyl adjacent to an activating group) is 1. The van der Waals surface area contributed by atoms with E-state index in [0.717, 1.165) is 10.5 Å². The zero-order chi connectivity index (χ0) is 16.2. The highest BCUT2D eigenvalue weighted by molar-refractivity contribution is 7.89. The van der Waals surface area contributed by atoms with Gasteiger partial charge in [0, 0.05) is 10.6 Å². The van der Waals surface area contributed by atoms with Gasteiger partial charge in [-0.05, 0) is 24.3 Å². The Kier molecular flexibility index (Phi) is 5.58. The zero-order valence-electron chi connectivity index (χ0n) is 12.6. The van der Waals surface area contributed by atoms with Crippen molar-refractivity contribution in [1.29, 1.82) is 0 Å². The number of hydrogen-bond donors (Lipinski definition) is 2. The van der Waals surface area contributed by atoms with E-state index in [1.54, 1.807) is 12.1 Å². The van der Waals surface area contributed by atoms with Gasteiger partial charge in [-0.2, -0.15) is 0 Å². The predicted octanol–water partition coefficient (Wildman–Crippen LogP) is 1.50. The van der Waals surface area contributed by atoms with Crippen LogP contribution in [0.2, 0.25) is 5.02 Å². The van der Waals surface area contributed by atoms with Gasteiger partial charge in [-0.1, -0.05) is 41.9 Å². The van der Waals surface area contributed by atoms with E-state index in [4.69, 9.17) is 11.6 Å². The second-order valence-corrected chi connectivity index (χ2v) is 7.55. The zero-order valence-corrected chi connectivity index (χ0v) is 14.2. The molecular formula is C16H20ClN2O2S+. The summed E-state index contributed by atoms with van der Waals surface area (Å²) in [6.07, 6.45) is 0. The standard InChI is InChI=1S/C16H19ClN2O2S/c1-19(2)16(13-6-4-3-5-7-13)12-18-22(20,21)15-10-8-14(17)9-11-15/h3-11,16,18H,12H2,1-2H3/p+1. The molecule has 0 saturated carbocycles. The molecule has 0 aliphatic rings. The quantitative estimate of drug-likeness (QED) is 0.838. The maximum Gasteiger partial charge on any atom is 0.240 e. The first-order chi connectivity index (χ1) is 10.4. The molecule has 0 radical (unpaired) electrons. The summed E-state index contributed by atoms with van der Waals surface area (Å²) in [5.41, 5.74) is 1.10. The van der Waals surface area contributed by atoms with Gasteiger partial charge >= 0.3 is 0 Å². The molecule has 0 saturated heterocycles. The Morgan fingerprint density at radius 1 is 1.05 bits per heavy atom. The minimum absolute atomic E-state index is 0.0447. The molecule has 0 aromatic heterocycles. The largest absolute Gasteiger partial charge is 0.333 e. The maximum atomic E-state index is 12.3. The van der Waals surface area contributed by atoms with Crippen LogP contribution in [0.25, 0.3) is 0 Å². The van der Waals surface area contributed by atoms with E-state index in [9.17, 15) is 8.42 Å². The van der Waals surface area contributed by atoms with E-state index in [0.29, 0.717) is 11.6 Å². The first-order valence-corrected chi connectivity index (χ1v) is 8.86. The van der Waals surface area contributed by atoms with Gasteiger partial charge in [0.15, 0.2) is 0 Å². The van der Waals surface area contributed by atoms with Gasteiger partial charge in [-0.25, -0.2) is 13.1 Å². The fourth-order valence-corrected chi connectivity index (χ4v) is 3.40. The summed E-state index contributed by atoms with van der Waals surface area (Å²) >= 11 is 5.79. The van der Waals surface area contributed by atoms with Gasteiger partial charge in [0.1, 0.15) is 6.04 Å². The topological polar surface area (TPSA) is 50.6 Å². The Hall–Kier alpha value is -1.40. The van der Waals surface area contributed by atoms with Gasteiger partial charge in [-0.15, -0.1) is 0 Å². The van der Waals surface area contributed by atoms with Crippen LogP contribution in [0.4, 0.5) is 0 Å². The first-order valence-electron chi connectivity index (χ1n) is 7.00. The van der Waals surface area contributed by atoms with Crippen molar-refractivity contribution < 1.29 is 13.3 Å². The lowest BCUT2D eigenvalue weighted by Crippen LogP contribution is -3.07. The number of rotatable bonds is 6. The molecule has 0 spiro atoms. The summed E-state index contributed by atoms with van der Waals surface area (Å²) in [5.74, 6) is 0. The number of benzene rings is 2. The van der Waals surface area contributed by atoms with Crippen molar-refractivity contribution in [3.8, 4) is 0 Å². The van der Waals surface area contributed by atoms with Crippen LogP contribution in [0.3, 0.4) is 0 Å². The SMILES string of the molecule is C[NH+](C)C(CNS(=O)(=O)c1ccc(Cl)cc1)c1ccccc1. The average molecular weight is 340 g/mol. The number of nitrogens with one attached hydrogen (secondary N) is 2.